The van der Waals surface area contributed by atoms with Crippen LogP contribution < -0.4 is 14.4 Å². The zero-order valence-corrected chi connectivity index (χ0v) is 18.8. The fraction of sp³-hybridized carbons (Fsp3) is 0.296. The van der Waals surface area contributed by atoms with Crippen LogP contribution in [0.15, 0.2) is 60.7 Å². The number of rotatable bonds is 3. The molecule has 3 aromatic rings. The van der Waals surface area contributed by atoms with Gasteiger partial charge in [-0.1, -0.05) is 18.2 Å². The lowest BCUT2D eigenvalue weighted by atomic mass is 9.81. The molecule has 1 amide bonds. The molecule has 3 aliphatic heterocycles. The fourth-order valence-corrected chi connectivity index (χ4v) is 5.72. The number of amides is 1. The third kappa shape index (κ3) is 3.22. The highest BCUT2D eigenvalue weighted by Crippen LogP contribution is 2.50. The van der Waals surface area contributed by atoms with Crippen LogP contribution in [0.5, 0.6) is 11.5 Å². The summed E-state index contributed by atoms with van der Waals surface area (Å²) in [4.78, 5) is 17.7. The van der Waals surface area contributed by atoms with Gasteiger partial charge in [0.2, 0.25) is 6.79 Å². The highest BCUT2D eigenvalue weighted by Gasteiger charge is 2.47. The van der Waals surface area contributed by atoms with Crippen molar-refractivity contribution in [2.24, 2.45) is 5.92 Å². The van der Waals surface area contributed by atoms with E-state index in [1.807, 2.05) is 30.1 Å². The molecule has 1 N–H and O–H groups in total. The van der Waals surface area contributed by atoms with Crippen LogP contribution in [-0.2, 0) is 0 Å². The van der Waals surface area contributed by atoms with Gasteiger partial charge in [-0.15, -0.1) is 0 Å². The number of carbonyl (C=O) groups excluding carboxylic acids is 1. The molecular weight excluding hydrogens is 435 g/mol. The maximum atomic E-state index is 13.9. The number of anilines is 1. The minimum atomic E-state index is -0.286. The number of likely N-dealkylation sites (N-methyl/N-ethyl adjacent to an activating group) is 1. The summed E-state index contributed by atoms with van der Waals surface area (Å²) in [6.45, 7) is 0.757. The first kappa shape index (κ1) is 21.0. The number of fused-ring (bicyclic) bond motifs is 4. The van der Waals surface area contributed by atoms with Gasteiger partial charge in [-0.2, -0.15) is 0 Å². The van der Waals surface area contributed by atoms with Crippen molar-refractivity contribution in [1.29, 1.82) is 0 Å². The molecule has 1 saturated heterocycles. The van der Waals surface area contributed by atoms with Crippen LogP contribution >= 0.6 is 0 Å². The van der Waals surface area contributed by atoms with E-state index in [1.54, 1.807) is 24.3 Å². The topological polar surface area (TPSA) is 62.2 Å². The molecule has 3 aromatic carbocycles. The van der Waals surface area contributed by atoms with E-state index in [9.17, 15) is 14.3 Å². The zero-order valence-electron chi connectivity index (χ0n) is 18.8. The van der Waals surface area contributed by atoms with Crippen molar-refractivity contribution < 1.29 is 23.8 Å². The summed E-state index contributed by atoms with van der Waals surface area (Å²) in [6, 6.07) is 17.6. The summed E-state index contributed by atoms with van der Waals surface area (Å²) < 4.78 is 24.8. The van der Waals surface area contributed by atoms with Crippen LogP contribution in [0.1, 0.15) is 28.4 Å². The molecule has 174 valence electrons. The van der Waals surface area contributed by atoms with E-state index in [4.69, 9.17) is 9.47 Å². The summed E-state index contributed by atoms with van der Waals surface area (Å²) in [5.74, 6) is 0.941. The molecule has 0 unspecified atom stereocenters. The Morgan fingerprint density at radius 2 is 1.88 bits per heavy atom. The number of benzene rings is 3. The number of aliphatic hydroxyl groups excluding tert-OH is 1. The van der Waals surface area contributed by atoms with Gasteiger partial charge in [0.15, 0.2) is 11.5 Å². The Morgan fingerprint density at radius 1 is 1.06 bits per heavy atom. The van der Waals surface area contributed by atoms with Crippen molar-refractivity contribution in [3.63, 3.8) is 0 Å². The summed E-state index contributed by atoms with van der Waals surface area (Å²) >= 11 is 0. The molecule has 0 radical (unpaired) electrons. The minimum absolute atomic E-state index is 0.00874. The monoisotopic (exact) mass is 460 g/mol. The Bertz CT molecular complexity index is 1280. The van der Waals surface area contributed by atoms with Crippen LogP contribution in [0.4, 0.5) is 10.1 Å². The van der Waals surface area contributed by atoms with Crippen LogP contribution in [-0.4, -0.2) is 48.9 Å². The molecule has 34 heavy (non-hydrogen) atoms. The van der Waals surface area contributed by atoms with Crippen molar-refractivity contribution >= 4 is 11.6 Å². The largest absolute Gasteiger partial charge is 0.454 e. The number of ether oxygens (including phenoxy) is 2. The van der Waals surface area contributed by atoms with Gasteiger partial charge in [-0.05, 0) is 65.6 Å². The molecule has 1 fully saturated rings. The highest BCUT2D eigenvalue weighted by atomic mass is 19.1. The first-order valence-electron chi connectivity index (χ1n) is 11.5. The number of nitrogens with zero attached hydrogens (tertiary/aromatic N) is 2. The molecule has 7 heteroatoms. The van der Waals surface area contributed by atoms with Crippen molar-refractivity contribution in [3.8, 4) is 22.6 Å². The van der Waals surface area contributed by atoms with Crippen molar-refractivity contribution in [2.75, 3.05) is 31.9 Å². The Balaban J connectivity index is 1.43. The van der Waals surface area contributed by atoms with Gasteiger partial charge < -0.3 is 24.4 Å². The van der Waals surface area contributed by atoms with Crippen LogP contribution in [0.3, 0.4) is 0 Å². The number of hydrogen-bond acceptors (Lipinski definition) is 5. The molecule has 3 atom stereocenters. The van der Waals surface area contributed by atoms with E-state index in [1.165, 1.54) is 12.1 Å². The summed E-state index contributed by atoms with van der Waals surface area (Å²) in [7, 11) is 1.99. The van der Waals surface area contributed by atoms with Gasteiger partial charge in [-0.25, -0.2) is 4.39 Å². The van der Waals surface area contributed by atoms with E-state index in [0.29, 0.717) is 23.6 Å². The second-order valence-corrected chi connectivity index (χ2v) is 9.11. The van der Waals surface area contributed by atoms with Gasteiger partial charge in [0.05, 0.1) is 18.7 Å². The van der Waals surface area contributed by atoms with Gasteiger partial charge >= 0.3 is 0 Å². The van der Waals surface area contributed by atoms with Gasteiger partial charge in [0.25, 0.3) is 5.91 Å². The van der Waals surface area contributed by atoms with E-state index in [-0.39, 0.29) is 43.1 Å². The molecule has 6 nitrogen and oxygen atoms in total. The minimum Gasteiger partial charge on any atom is -0.454 e. The number of hydrogen-bond donors (Lipinski definition) is 1. The molecule has 0 bridgehead atoms. The van der Waals surface area contributed by atoms with Gasteiger partial charge in [0.1, 0.15) is 5.82 Å². The zero-order chi connectivity index (χ0) is 23.4. The molecular formula is C27H25FN2O4. The SMILES string of the molecule is CN1c2ccc(-c3cccc(F)c3)cc2[C@H]2[C@H](CCN2C(=O)c2ccc3c(c2)OCO3)[C@H]1CO. The Hall–Kier alpha value is -3.58. The molecule has 6 rings (SSSR count). The first-order valence-corrected chi connectivity index (χ1v) is 11.5. The molecule has 3 aliphatic rings. The highest BCUT2D eigenvalue weighted by molar-refractivity contribution is 5.95. The summed E-state index contributed by atoms with van der Waals surface area (Å²) in [5, 5.41) is 10.2. The van der Waals surface area contributed by atoms with E-state index in [2.05, 4.69) is 11.0 Å². The number of carbonyl (C=O) groups is 1. The molecule has 0 aliphatic carbocycles. The maximum absolute atomic E-state index is 13.9. The average molecular weight is 461 g/mol. The quantitative estimate of drug-likeness (QED) is 0.634. The van der Waals surface area contributed by atoms with Crippen molar-refractivity contribution in [1.82, 2.24) is 4.90 Å². The second-order valence-electron chi connectivity index (χ2n) is 9.11. The lowest BCUT2D eigenvalue weighted by Crippen LogP contribution is -2.48. The lowest BCUT2D eigenvalue weighted by Gasteiger charge is -2.44. The van der Waals surface area contributed by atoms with Crippen molar-refractivity contribution in [2.45, 2.75) is 18.5 Å². The van der Waals surface area contributed by atoms with E-state index >= 15 is 0 Å². The van der Waals surface area contributed by atoms with E-state index < -0.39 is 0 Å². The predicted molar refractivity (Wildman–Crippen MR) is 126 cm³/mol. The Kier molecular flexibility index (Phi) is 4.95. The maximum Gasteiger partial charge on any atom is 0.254 e. The third-order valence-electron chi connectivity index (χ3n) is 7.39. The lowest BCUT2D eigenvalue weighted by molar-refractivity contribution is 0.0693. The number of likely N-dealkylation sites (tertiary alicyclic amines) is 1. The number of aliphatic hydroxyl groups is 1. The smallest absolute Gasteiger partial charge is 0.254 e. The van der Waals surface area contributed by atoms with Gasteiger partial charge in [-0.3, -0.25) is 4.79 Å². The summed E-state index contributed by atoms with van der Waals surface area (Å²) in [5.41, 5.74) is 4.23. The van der Waals surface area contributed by atoms with Crippen LogP contribution in [0.2, 0.25) is 0 Å². The Morgan fingerprint density at radius 3 is 2.71 bits per heavy atom. The van der Waals surface area contributed by atoms with Crippen molar-refractivity contribution in [3.05, 3.63) is 77.6 Å². The third-order valence-corrected chi connectivity index (χ3v) is 7.39. The van der Waals surface area contributed by atoms with E-state index in [0.717, 1.165) is 28.8 Å². The van der Waals surface area contributed by atoms with Crippen LogP contribution in [0.25, 0.3) is 11.1 Å². The number of halogens is 1. The predicted octanol–water partition coefficient (Wildman–Crippen LogP) is 4.24. The molecule has 0 spiro atoms. The molecule has 0 saturated carbocycles. The summed E-state index contributed by atoms with van der Waals surface area (Å²) in [6.07, 6.45) is 0.792. The second kappa shape index (κ2) is 8.02. The fourth-order valence-electron chi connectivity index (χ4n) is 5.72. The van der Waals surface area contributed by atoms with Crippen LogP contribution in [0, 0.1) is 11.7 Å². The van der Waals surface area contributed by atoms with Gasteiger partial charge in [0, 0.05) is 30.8 Å². The normalized spacial score (nSPS) is 22.5. The Labute approximate surface area is 197 Å². The standard InChI is InChI=1S/C27H25FN2O4/c1-29-22-7-5-17(16-3-2-4-19(28)11-16)12-21(22)26-20(23(29)14-31)9-10-30(26)27(32)18-6-8-24-25(13-18)34-15-33-24/h2-8,11-13,20,23,26,31H,9-10,14-15H2,1H3/t20-,23-,26-/m1/s1. The molecule has 0 aromatic heterocycles. The first-order chi connectivity index (χ1) is 16.5. The average Bonchev–Trinajstić information content (AvgIpc) is 3.50. The molecule has 3 heterocycles.